The van der Waals surface area contributed by atoms with E-state index in [2.05, 4.69) is 9.97 Å². The standard InChI is InChI=1S/C11H8N2O3/c14-11(15)9-3-5-13-7-10(9)16-8-2-1-4-12-6-8/h1-7H,(H,14,15). The van der Waals surface area contributed by atoms with Gasteiger partial charge >= 0.3 is 5.97 Å². The van der Waals surface area contributed by atoms with E-state index in [-0.39, 0.29) is 11.3 Å². The smallest absolute Gasteiger partial charge is 0.339 e. The number of carboxylic acids is 1. The molecule has 2 aromatic rings. The Morgan fingerprint density at radius 3 is 2.69 bits per heavy atom. The Morgan fingerprint density at radius 2 is 2.00 bits per heavy atom. The number of carbonyl (C=O) groups is 1. The molecule has 0 saturated carbocycles. The van der Waals surface area contributed by atoms with E-state index < -0.39 is 5.97 Å². The molecule has 0 saturated heterocycles. The number of hydrogen-bond acceptors (Lipinski definition) is 4. The van der Waals surface area contributed by atoms with Gasteiger partial charge in [0, 0.05) is 12.4 Å². The lowest BCUT2D eigenvalue weighted by Gasteiger charge is -2.06. The van der Waals surface area contributed by atoms with Crippen LogP contribution in [0.3, 0.4) is 0 Å². The van der Waals surface area contributed by atoms with Crippen LogP contribution in [0.25, 0.3) is 0 Å². The van der Waals surface area contributed by atoms with Crippen molar-refractivity contribution < 1.29 is 14.6 Å². The second-order valence-corrected chi connectivity index (χ2v) is 2.97. The third-order valence-electron chi connectivity index (χ3n) is 1.88. The van der Waals surface area contributed by atoms with Crippen LogP contribution >= 0.6 is 0 Å². The Balaban J connectivity index is 2.31. The molecule has 80 valence electrons. The van der Waals surface area contributed by atoms with E-state index in [0.29, 0.717) is 5.75 Å². The summed E-state index contributed by atoms with van der Waals surface area (Å²) in [6.45, 7) is 0. The van der Waals surface area contributed by atoms with Gasteiger partial charge in [-0.1, -0.05) is 0 Å². The summed E-state index contributed by atoms with van der Waals surface area (Å²) in [5.41, 5.74) is 0.0684. The fourth-order valence-corrected chi connectivity index (χ4v) is 1.17. The predicted octanol–water partition coefficient (Wildman–Crippen LogP) is 1.97. The first-order chi connectivity index (χ1) is 7.77. The third kappa shape index (κ3) is 2.14. The van der Waals surface area contributed by atoms with E-state index in [1.165, 1.54) is 24.7 Å². The lowest BCUT2D eigenvalue weighted by atomic mass is 10.2. The highest BCUT2D eigenvalue weighted by molar-refractivity contribution is 5.90. The quantitative estimate of drug-likeness (QED) is 0.849. The summed E-state index contributed by atoms with van der Waals surface area (Å²) < 4.78 is 5.36. The zero-order valence-electron chi connectivity index (χ0n) is 8.20. The number of hydrogen-bond donors (Lipinski definition) is 1. The highest BCUT2D eigenvalue weighted by Gasteiger charge is 2.11. The second kappa shape index (κ2) is 4.39. The molecule has 0 atom stereocenters. The highest BCUT2D eigenvalue weighted by atomic mass is 16.5. The van der Waals surface area contributed by atoms with Crippen molar-refractivity contribution in [1.82, 2.24) is 9.97 Å². The molecule has 0 unspecified atom stereocenters. The minimum absolute atomic E-state index is 0.0684. The van der Waals surface area contributed by atoms with Gasteiger partial charge < -0.3 is 9.84 Å². The maximum absolute atomic E-state index is 10.9. The van der Waals surface area contributed by atoms with Crippen LogP contribution in [0.2, 0.25) is 0 Å². The molecule has 0 aliphatic rings. The number of rotatable bonds is 3. The number of ether oxygens (including phenoxy) is 1. The van der Waals surface area contributed by atoms with Gasteiger partial charge in [0.25, 0.3) is 0 Å². The molecule has 2 heterocycles. The summed E-state index contributed by atoms with van der Waals surface area (Å²) in [5.74, 6) is -0.387. The lowest BCUT2D eigenvalue weighted by molar-refractivity contribution is 0.0694. The van der Waals surface area contributed by atoms with Crippen molar-refractivity contribution in [3.05, 3.63) is 48.5 Å². The van der Waals surface area contributed by atoms with E-state index in [1.54, 1.807) is 18.3 Å². The van der Waals surface area contributed by atoms with Crippen LogP contribution in [-0.4, -0.2) is 21.0 Å². The lowest BCUT2D eigenvalue weighted by Crippen LogP contribution is -2.00. The Morgan fingerprint density at radius 1 is 1.19 bits per heavy atom. The van der Waals surface area contributed by atoms with Gasteiger partial charge in [-0.15, -0.1) is 0 Å². The van der Waals surface area contributed by atoms with Gasteiger partial charge in [0.15, 0.2) is 5.75 Å². The SMILES string of the molecule is O=C(O)c1ccncc1Oc1cccnc1. The Hall–Kier alpha value is -2.43. The zero-order chi connectivity index (χ0) is 11.4. The van der Waals surface area contributed by atoms with Gasteiger partial charge in [0.2, 0.25) is 0 Å². The molecule has 5 heteroatoms. The first-order valence-electron chi connectivity index (χ1n) is 4.52. The molecule has 0 aliphatic heterocycles. The third-order valence-corrected chi connectivity index (χ3v) is 1.88. The molecule has 0 spiro atoms. The van der Waals surface area contributed by atoms with E-state index in [0.717, 1.165) is 0 Å². The number of nitrogens with zero attached hydrogens (tertiary/aromatic N) is 2. The first-order valence-corrected chi connectivity index (χ1v) is 4.52. The van der Waals surface area contributed by atoms with Crippen LogP contribution in [0, 0.1) is 0 Å². The van der Waals surface area contributed by atoms with Gasteiger partial charge in [-0.25, -0.2) is 4.79 Å². The number of aromatic nitrogens is 2. The maximum Gasteiger partial charge on any atom is 0.339 e. The van der Waals surface area contributed by atoms with E-state index >= 15 is 0 Å². The molecular formula is C11H8N2O3. The first kappa shape index (κ1) is 10.1. The Labute approximate surface area is 91.4 Å². The van der Waals surface area contributed by atoms with Crippen molar-refractivity contribution in [2.75, 3.05) is 0 Å². The fraction of sp³-hybridized carbons (Fsp3) is 0. The minimum atomic E-state index is -1.05. The molecule has 2 rings (SSSR count). The molecule has 0 aromatic carbocycles. The Kier molecular flexibility index (Phi) is 2.77. The number of carboxylic acid groups (broad SMARTS) is 1. The molecule has 0 aliphatic carbocycles. The van der Waals surface area contributed by atoms with Crippen molar-refractivity contribution in [3.8, 4) is 11.5 Å². The minimum Gasteiger partial charge on any atom is -0.478 e. The maximum atomic E-state index is 10.9. The highest BCUT2D eigenvalue weighted by Crippen LogP contribution is 2.23. The summed E-state index contributed by atoms with van der Waals surface area (Å²) in [7, 11) is 0. The topological polar surface area (TPSA) is 72.3 Å². The van der Waals surface area contributed by atoms with Crippen LogP contribution in [-0.2, 0) is 0 Å². The summed E-state index contributed by atoms with van der Waals surface area (Å²) in [6.07, 6.45) is 5.86. The van der Waals surface area contributed by atoms with E-state index in [1.807, 2.05) is 0 Å². The molecule has 1 N–H and O–H groups in total. The molecular weight excluding hydrogens is 208 g/mol. The van der Waals surface area contributed by atoms with Crippen LogP contribution in [0.4, 0.5) is 0 Å². The molecule has 0 radical (unpaired) electrons. The summed E-state index contributed by atoms with van der Waals surface area (Å²) in [5, 5.41) is 8.92. The summed E-state index contributed by atoms with van der Waals surface area (Å²) >= 11 is 0. The van der Waals surface area contributed by atoms with Gasteiger partial charge in [-0.2, -0.15) is 0 Å². The average Bonchev–Trinajstić information content (AvgIpc) is 2.31. The molecule has 5 nitrogen and oxygen atoms in total. The molecule has 16 heavy (non-hydrogen) atoms. The zero-order valence-corrected chi connectivity index (χ0v) is 8.20. The van der Waals surface area contributed by atoms with Crippen molar-refractivity contribution in [2.24, 2.45) is 0 Å². The molecule has 0 amide bonds. The van der Waals surface area contributed by atoms with Gasteiger partial charge in [0.1, 0.15) is 11.3 Å². The van der Waals surface area contributed by atoms with E-state index in [9.17, 15) is 4.79 Å². The average molecular weight is 216 g/mol. The normalized spacial score (nSPS) is 9.75. The largest absolute Gasteiger partial charge is 0.478 e. The van der Waals surface area contributed by atoms with Crippen LogP contribution in [0.1, 0.15) is 10.4 Å². The Bertz CT molecular complexity index is 500. The summed E-state index contributed by atoms with van der Waals surface area (Å²) in [4.78, 5) is 18.6. The van der Waals surface area contributed by atoms with Crippen molar-refractivity contribution >= 4 is 5.97 Å². The van der Waals surface area contributed by atoms with Crippen LogP contribution < -0.4 is 4.74 Å². The molecule has 0 fully saturated rings. The van der Waals surface area contributed by atoms with Gasteiger partial charge in [0.05, 0.1) is 12.4 Å². The molecule has 0 bridgehead atoms. The number of aromatic carboxylic acids is 1. The van der Waals surface area contributed by atoms with Gasteiger partial charge in [-0.3, -0.25) is 9.97 Å². The fourth-order valence-electron chi connectivity index (χ4n) is 1.17. The van der Waals surface area contributed by atoms with Crippen molar-refractivity contribution in [1.29, 1.82) is 0 Å². The van der Waals surface area contributed by atoms with Crippen molar-refractivity contribution in [2.45, 2.75) is 0 Å². The second-order valence-electron chi connectivity index (χ2n) is 2.97. The van der Waals surface area contributed by atoms with Crippen molar-refractivity contribution in [3.63, 3.8) is 0 Å². The predicted molar refractivity (Wildman–Crippen MR) is 55.5 cm³/mol. The summed E-state index contributed by atoms with van der Waals surface area (Å²) in [6, 6.07) is 4.77. The van der Waals surface area contributed by atoms with Crippen LogP contribution in [0.15, 0.2) is 43.0 Å². The number of pyridine rings is 2. The monoisotopic (exact) mass is 216 g/mol. The van der Waals surface area contributed by atoms with E-state index in [4.69, 9.17) is 9.84 Å². The molecule has 2 aromatic heterocycles. The van der Waals surface area contributed by atoms with Crippen LogP contribution in [0.5, 0.6) is 11.5 Å². The van der Waals surface area contributed by atoms with Gasteiger partial charge in [-0.05, 0) is 18.2 Å².